The van der Waals surface area contributed by atoms with Crippen LogP contribution in [0.15, 0.2) is 47.1 Å². The number of hydrogen-bond donors (Lipinski definition) is 2. The van der Waals surface area contributed by atoms with Gasteiger partial charge in [0.1, 0.15) is 12.1 Å². The van der Waals surface area contributed by atoms with Crippen LogP contribution in [0.2, 0.25) is 10.0 Å². The van der Waals surface area contributed by atoms with Crippen LogP contribution in [0.25, 0.3) is 21.9 Å². The number of halogens is 2. The van der Waals surface area contributed by atoms with Crippen molar-refractivity contribution < 1.29 is 23.5 Å². The average Bonchev–Trinajstić information content (AvgIpc) is 3.20. The molecule has 8 nitrogen and oxygen atoms in total. The number of anilines is 2. The first-order valence-electron chi connectivity index (χ1n) is 10.4. The lowest BCUT2D eigenvalue weighted by atomic mass is 10.0. The number of fused-ring (bicyclic) bond motifs is 3. The lowest BCUT2D eigenvalue weighted by molar-refractivity contribution is -0.140. The van der Waals surface area contributed by atoms with E-state index < -0.39 is 0 Å². The van der Waals surface area contributed by atoms with E-state index in [-0.39, 0.29) is 34.9 Å². The lowest BCUT2D eigenvalue weighted by Gasteiger charge is -2.10. The zero-order valence-electron chi connectivity index (χ0n) is 18.4. The monoisotopic (exact) mass is 501 g/mol. The van der Waals surface area contributed by atoms with Gasteiger partial charge in [-0.3, -0.25) is 14.6 Å². The van der Waals surface area contributed by atoms with Crippen molar-refractivity contribution in [2.75, 3.05) is 30.9 Å². The standard InChI is InChI=1S/C24H21Cl2N3O5/c1-3-33-21(31)12-28-14-5-7-18-15(9-14)22-13(4-6-19(32-2)24(22)34-18)8-20(30)29-23-16(25)10-27-11-17(23)26/h4-7,9-11,28H,3,8,12H2,1-2H3,(H,27,29,30). The molecule has 0 aliphatic carbocycles. The van der Waals surface area contributed by atoms with Gasteiger partial charge in [-0.05, 0) is 36.8 Å². The average molecular weight is 502 g/mol. The lowest BCUT2D eigenvalue weighted by Crippen LogP contribution is -2.16. The molecular formula is C24H21Cl2N3O5. The maximum absolute atomic E-state index is 12.9. The number of carbonyl (C=O) groups excluding carboxylic acids is 2. The molecule has 0 aliphatic heterocycles. The van der Waals surface area contributed by atoms with E-state index in [9.17, 15) is 9.59 Å². The van der Waals surface area contributed by atoms with Crippen molar-refractivity contribution in [3.8, 4) is 5.75 Å². The minimum absolute atomic E-state index is 0.0289. The first kappa shape index (κ1) is 23.7. The molecule has 0 fully saturated rings. The highest BCUT2D eigenvalue weighted by molar-refractivity contribution is 6.39. The van der Waals surface area contributed by atoms with E-state index in [0.29, 0.717) is 34.9 Å². The van der Waals surface area contributed by atoms with Crippen molar-refractivity contribution in [1.82, 2.24) is 4.98 Å². The highest BCUT2D eigenvalue weighted by Crippen LogP contribution is 2.38. The van der Waals surface area contributed by atoms with Gasteiger partial charge in [-0.2, -0.15) is 0 Å². The van der Waals surface area contributed by atoms with Crippen LogP contribution in [0.4, 0.5) is 11.4 Å². The van der Waals surface area contributed by atoms with Crippen LogP contribution in [-0.2, 0) is 20.7 Å². The van der Waals surface area contributed by atoms with Gasteiger partial charge in [0.05, 0.1) is 35.9 Å². The molecule has 0 spiro atoms. The SMILES string of the molecule is CCOC(=O)CNc1ccc2oc3c(OC)ccc(CC(=O)Nc4c(Cl)cncc4Cl)c3c2c1. The van der Waals surface area contributed by atoms with Gasteiger partial charge in [0.25, 0.3) is 0 Å². The summed E-state index contributed by atoms with van der Waals surface area (Å²) in [6.07, 6.45) is 2.84. The zero-order chi connectivity index (χ0) is 24.2. The summed E-state index contributed by atoms with van der Waals surface area (Å²) in [4.78, 5) is 28.5. The van der Waals surface area contributed by atoms with E-state index >= 15 is 0 Å². The number of esters is 1. The molecule has 2 aromatic heterocycles. The summed E-state index contributed by atoms with van der Waals surface area (Å²) < 4.78 is 16.5. The van der Waals surface area contributed by atoms with Crippen LogP contribution in [0.1, 0.15) is 12.5 Å². The number of methoxy groups -OCH3 is 1. The fourth-order valence-corrected chi connectivity index (χ4v) is 4.08. The molecule has 2 N–H and O–H groups in total. The number of nitrogens with zero attached hydrogens (tertiary/aromatic N) is 1. The number of carbonyl (C=O) groups is 2. The maximum Gasteiger partial charge on any atom is 0.325 e. The van der Waals surface area contributed by atoms with Gasteiger partial charge in [0.2, 0.25) is 5.91 Å². The highest BCUT2D eigenvalue weighted by atomic mass is 35.5. The number of furan rings is 1. The van der Waals surface area contributed by atoms with Crippen LogP contribution in [0.5, 0.6) is 5.75 Å². The Bertz CT molecular complexity index is 1370. The van der Waals surface area contributed by atoms with Gasteiger partial charge >= 0.3 is 5.97 Å². The molecule has 10 heteroatoms. The molecule has 34 heavy (non-hydrogen) atoms. The van der Waals surface area contributed by atoms with Crippen molar-refractivity contribution in [1.29, 1.82) is 0 Å². The number of rotatable bonds is 8. The van der Waals surface area contributed by atoms with Crippen molar-refractivity contribution in [3.05, 3.63) is 58.3 Å². The second-order valence-electron chi connectivity index (χ2n) is 7.31. The molecule has 2 aromatic carbocycles. The Kier molecular flexibility index (Phi) is 7.09. The molecule has 0 saturated heterocycles. The van der Waals surface area contributed by atoms with Gasteiger partial charge < -0.3 is 24.5 Å². The van der Waals surface area contributed by atoms with Gasteiger partial charge in [0, 0.05) is 28.9 Å². The van der Waals surface area contributed by atoms with Gasteiger partial charge in [0.15, 0.2) is 11.3 Å². The summed E-state index contributed by atoms with van der Waals surface area (Å²) in [6.45, 7) is 2.09. The van der Waals surface area contributed by atoms with E-state index in [0.717, 1.165) is 16.3 Å². The quantitative estimate of drug-likeness (QED) is 0.309. The fraction of sp³-hybridized carbons (Fsp3) is 0.208. The van der Waals surface area contributed by atoms with E-state index in [1.54, 1.807) is 32.2 Å². The first-order valence-corrected chi connectivity index (χ1v) is 11.2. The maximum atomic E-state index is 12.9. The molecule has 0 aliphatic rings. The van der Waals surface area contributed by atoms with Crippen LogP contribution in [0, 0.1) is 0 Å². The second-order valence-corrected chi connectivity index (χ2v) is 8.12. The predicted octanol–water partition coefficient (Wildman–Crippen LogP) is 5.45. The number of amides is 1. The number of hydrogen-bond acceptors (Lipinski definition) is 7. The van der Waals surface area contributed by atoms with Crippen LogP contribution in [-0.4, -0.2) is 37.1 Å². The molecule has 0 radical (unpaired) electrons. The molecule has 1 amide bonds. The Balaban J connectivity index is 1.69. The van der Waals surface area contributed by atoms with Gasteiger partial charge in [-0.1, -0.05) is 29.3 Å². The molecule has 4 rings (SSSR count). The number of nitrogens with one attached hydrogen (secondary N) is 2. The summed E-state index contributed by atoms with van der Waals surface area (Å²) >= 11 is 12.3. The third kappa shape index (κ3) is 4.88. The minimum Gasteiger partial charge on any atom is -0.493 e. The third-order valence-electron chi connectivity index (χ3n) is 5.10. The van der Waals surface area contributed by atoms with E-state index in [4.69, 9.17) is 37.1 Å². The molecule has 2 heterocycles. The Morgan fingerprint density at radius 1 is 1.12 bits per heavy atom. The minimum atomic E-state index is -0.355. The van der Waals surface area contributed by atoms with Gasteiger partial charge in [-0.25, -0.2) is 0 Å². The van der Waals surface area contributed by atoms with E-state index in [2.05, 4.69) is 15.6 Å². The molecule has 176 valence electrons. The van der Waals surface area contributed by atoms with Crippen LogP contribution < -0.4 is 15.4 Å². The van der Waals surface area contributed by atoms with Crippen molar-refractivity contribution >= 4 is 68.4 Å². The second kappa shape index (κ2) is 10.2. The molecule has 0 atom stereocenters. The Labute approximate surface area is 205 Å². The third-order valence-corrected chi connectivity index (χ3v) is 5.67. The van der Waals surface area contributed by atoms with Gasteiger partial charge in [-0.15, -0.1) is 0 Å². The molecule has 0 unspecified atom stereocenters. The predicted molar refractivity (Wildman–Crippen MR) is 132 cm³/mol. The topological polar surface area (TPSA) is 103 Å². The van der Waals surface area contributed by atoms with E-state index in [1.807, 2.05) is 12.1 Å². The summed E-state index contributed by atoms with van der Waals surface area (Å²) in [5.74, 6) is -0.129. The normalized spacial score (nSPS) is 10.9. The smallest absolute Gasteiger partial charge is 0.325 e. The van der Waals surface area contributed by atoms with Crippen molar-refractivity contribution in [2.24, 2.45) is 0 Å². The summed E-state index contributed by atoms with van der Waals surface area (Å²) in [7, 11) is 1.55. The number of benzene rings is 2. The first-order chi connectivity index (χ1) is 16.4. The van der Waals surface area contributed by atoms with Crippen molar-refractivity contribution in [3.63, 3.8) is 0 Å². The number of pyridine rings is 1. The largest absolute Gasteiger partial charge is 0.493 e. The number of aromatic nitrogens is 1. The molecule has 4 aromatic rings. The van der Waals surface area contributed by atoms with Crippen LogP contribution in [0.3, 0.4) is 0 Å². The van der Waals surface area contributed by atoms with Crippen molar-refractivity contribution in [2.45, 2.75) is 13.3 Å². The fourth-order valence-electron chi connectivity index (χ4n) is 3.62. The zero-order valence-corrected chi connectivity index (χ0v) is 19.9. The molecular weight excluding hydrogens is 481 g/mol. The highest BCUT2D eigenvalue weighted by Gasteiger charge is 2.19. The summed E-state index contributed by atoms with van der Waals surface area (Å²) in [5.41, 5.74) is 2.86. The summed E-state index contributed by atoms with van der Waals surface area (Å²) in [6, 6.07) is 9.01. The molecule has 0 bridgehead atoms. The Morgan fingerprint density at radius 2 is 1.88 bits per heavy atom. The van der Waals surface area contributed by atoms with Crippen LogP contribution >= 0.6 is 23.2 Å². The Morgan fingerprint density at radius 3 is 2.59 bits per heavy atom. The molecule has 0 saturated carbocycles. The number of ether oxygens (including phenoxy) is 2. The van der Waals surface area contributed by atoms with E-state index in [1.165, 1.54) is 12.4 Å². The Hall–Kier alpha value is -3.49. The summed E-state index contributed by atoms with van der Waals surface area (Å²) in [5, 5.41) is 7.78.